The maximum atomic E-state index is 13.1. The molecule has 0 aliphatic carbocycles. The molecule has 0 saturated carbocycles. The van der Waals surface area contributed by atoms with Crippen LogP contribution in [0.4, 0.5) is 0 Å². The summed E-state index contributed by atoms with van der Waals surface area (Å²) in [5, 5.41) is 17.2. The molecule has 1 aromatic carbocycles. The van der Waals surface area contributed by atoms with Gasteiger partial charge in [-0.25, -0.2) is 4.79 Å². The Balaban J connectivity index is 2.93. The van der Waals surface area contributed by atoms with Crippen molar-refractivity contribution >= 4 is 36.3 Å². The second kappa shape index (κ2) is 17.7. The van der Waals surface area contributed by atoms with E-state index in [-0.39, 0.29) is 18.6 Å². The van der Waals surface area contributed by atoms with Gasteiger partial charge in [0, 0.05) is 12.2 Å². The molecular weight excluding hydrogens is 484 g/mol. The Labute approximate surface area is 217 Å². The first kappa shape index (κ1) is 31.4. The van der Waals surface area contributed by atoms with Gasteiger partial charge in [-0.15, -0.1) is 0 Å². The third kappa shape index (κ3) is 11.8. The molecule has 0 saturated heterocycles. The van der Waals surface area contributed by atoms with Gasteiger partial charge in [-0.1, -0.05) is 36.8 Å². The molecule has 1 aromatic rings. The average molecular weight is 525 g/mol. The van der Waals surface area contributed by atoms with Crippen LogP contribution in [0.3, 0.4) is 0 Å². The van der Waals surface area contributed by atoms with Gasteiger partial charge in [-0.3, -0.25) is 14.4 Å². The van der Waals surface area contributed by atoms with Crippen molar-refractivity contribution in [3.8, 4) is 0 Å². The lowest BCUT2D eigenvalue weighted by atomic mass is 10.0. The van der Waals surface area contributed by atoms with E-state index in [0.717, 1.165) is 12.0 Å². The first-order valence-electron chi connectivity index (χ1n) is 12.2. The van der Waals surface area contributed by atoms with Crippen molar-refractivity contribution in [3.63, 3.8) is 0 Å². The van der Waals surface area contributed by atoms with Crippen molar-refractivity contribution in [2.24, 2.45) is 17.2 Å². The highest BCUT2D eigenvalue weighted by Crippen LogP contribution is 2.07. The van der Waals surface area contributed by atoms with E-state index in [2.05, 4.69) is 28.6 Å². The van der Waals surface area contributed by atoms with Crippen LogP contribution in [0, 0.1) is 0 Å². The number of nitrogens with one attached hydrogen (secondary N) is 3. The fourth-order valence-electron chi connectivity index (χ4n) is 3.47. The van der Waals surface area contributed by atoms with Crippen molar-refractivity contribution in [2.45, 2.75) is 69.1 Å². The van der Waals surface area contributed by atoms with Gasteiger partial charge in [-0.05, 0) is 50.8 Å². The van der Waals surface area contributed by atoms with Crippen LogP contribution >= 0.6 is 12.6 Å². The van der Waals surface area contributed by atoms with E-state index in [1.807, 2.05) is 6.07 Å². The number of rotatable bonds is 18. The minimum absolute atomic E-state index is 0.0242. The predicted molar refractivity (Wildman–Crippen MR) is 141 cm³/mol. The molecule has 0 aliphatic heterocycles. The van der Waals surface area contributed by atoms with Crippen molar-refractivity contribution in [1.82, 2.24) is 16.0 Å². The number of aliphatic carboxylic acids is 1. The van der Waals surface area contributed by atoms with Crippen LogP contribution in [0.5, 0.6) is 0 Å². The Kier molecular flexibility index (Phi) is 15.4. The largest absolute Gasteiger partial charge is 0.480 e. The quantitative estimate of drug-likeness (QED) is 0.0907. The van der Waals surface area contributed by atoms with Gasteiger partial charge in [-0.2, -0.15) is 12.6 Å². The number of benzene rings is 1. The van der Waals surface area contributed by atoms with Crippen molar-refractivity contribution in [2.75, 3.05) is 18.8 Å². The number of nitrogens with two attached hydrogens (primary N) is 3. The van der Waals surface area contributed by atoms with E-state index >= 15 is 0 Å². The molecule has 12 heteroatoms. The Morgan fingerprint density at radius 1 is 0.778 bits per heavy atom. The fraction of sp³-hybridized carbons (Fsp3) is 0.583. The fourth-order valence-corrected chi connectivity index (χ4v) is 3.72. The van der Waals surface area contributed by atoms with E-state index < -0.39 is 47.9 Å². The van der Waals surface area contributed by atoms with Crippen molar-refractivity contribution in [3.05, 3.63) is 35.9 Å². The molecule has 0 bridgehead atoms. The number of unbranched alkanes of at least 4 members (excludes halogenated alkanes) is 2. The molecule has 0 aliphatic rings. The summed E-state index contributed by atoms with van der Waals surface area (Å²) in [6.45, 7) is 0.914. The molecule has 1 rings (SSSR count). The molecule has 11 nitrogen and oxygen atoms in total. The first-order chi connectivity index (χ1) is 17.2. The zero-order valence-corrected chi connectivity index (χ0v) is 21.4. The molecule has 0 radical (unpaired) electrons. The molecule has 0 spiro atoms. The summed E-state index contributed by atoms with van der Waals surface area (Å²) in [5.41, 5.74) is 17.6. The van der Waals surface area contributed by atoms with Crippen LogP contribution in [0.25, 0.3) is 0 Å². The van der Waals surface area contributed by atoms with E-state index in [1.54, 1.807) is 24.3 Å². The molecule has 10 N–H and O–H groups in total. The summed E-state index contributed by atoms with van der Waals surface area (Å²) in [6.07, 6.45) is 3.32. The number of carboxylic acids is 1. The van der Waals surface area contributed by atoms with E-state index in [0.29, 0.717) is 38.8 Å². The maximum absolute atomic E-state index is 13.1. The highest BCUT2D eigenvalue weighted by atomic mass is 32.1. The van der Waals surface area contributed by atoms with Gasteiger partial charge in [0.15, 0.2) is 0 Å². The van der Waals surface area contributed by atoms with Crippen LogP contribution in [0.1, 0.15) is 44.1 Å². The topological polar surface area (TPSA) is 203 Å². The standard InChI is InChI=1S/C24H40N6O5S/c25-12-6-4-10-17(27)21(31)30-20(15-36)23(33)29-19(14-16-8-2-1-3-9-16)22(32)28-18(24(34)35)11-5-7-13-26/h1-3,8-9,17-20,36H,4-7,10-15,25-27H2,(H,28,32)(H,29,33)(H,30,31)(H,34,35). The summed E-state index contributed by atoms with van der Waals surface area (Å²) in [5.74, 6) is -2.97. The normalized spacial score (nSPS) is 14.2. The summed E-state index contributed by atoms with van der Waals surface area (Å²) < 4.78 is 0. The highest BCUT2D eigenvalue weighted by Gasteiger charge is 2.30. The summed E-state index contributed by atoms with van der Waals surface area (Å²) >= 11 is 4.17. The van der Waals surface area contributed by atoms with Crippen molar-refractivity contribution < 1.29 is 24.3 Å². The molecule has 4 unspecified atom stereocenters. The number of hydrogen-bond acceptors (Lipinski definition) is 8. The lowest BCUT2D eigenvalue weighted by Gasteiger charge is -2.25. The second-order valence-corrected chi connectivity index (χ2v) is 8.93. The third-order valence-electron chi connectivity index (χ3n) is 5.60. The van der Waals surface area contributed by atoms with E-state index in [4.69, 9.17) is 17.2 Å². The lowest BCUT2D eigenvalue weighted by Crippen LogP contribution is -2.58. The number of thiol groups is 1. The summed E-state index contributed by atoms with van der Waals surface area (Å²) in [7, 11) is 0. The number of carbonyl (C=O) groups excluding carboxylic acids is 3. The van der Waals surface area contributed by atoms with Gasteiger partial charge in [0.2, 0.25) is 17.7 Å². The lowest BCUT2D eigenvalue weighted by molar-refractivity contribution is -0.142. The zero-order chi connectivity index (χ0) is 26.9. The van der Waals surface area contributed by atoms with Gasteiger partial charge >= 0.3 is 5.97 Å². The minimum atomic E-state index is -1.17. The predicted octanol–water partition coefficient (Wildman–Crippen LogP) is -0.717. The molecule has 4 atom stereocenters. The maximum Gasteiger partial charge on any atom is 0.326 e. The second-order valence-electron chi connectivity index (χ2n) is 8.57. The number of carbonyl (C=O) groups is 4. The first-order valence-corrected chi connectivity index (χ1v) is 12.8. The molecule has 0 aromatic heterocycles. The van der Waals surface area contributed by atoms with Crippen LogP contribution in [0.2, 0.25) is 0 Å². The summed E-state index contributed by atoms with van der Waals surface area (Å²) in [6, 6.07) is 4.95. The number of carboxylic acid groups (broad SMARTS) is 1. The Morgan fingerprint density at radius 2 is 1.31 bits per heavy atom. The van der Waals surface area contributed by atoms with Gasteiger partial charge in [0.1, 0.15) is 18.1 Å². The third-order valence-corrected chi connectivity index (χ3v) is 5.96. The molecule has 36 heavy (non-hydrogen) atoms. The smallest absolute Gasteiger partial charge is 0.326 e. The Bertz CT molecular complexity index is 828. The molecule has 0 heterocycles. The molecule has 0 fully saturated rings. The van der Waals surface area contributed by atoms with E-state index in [9.17, 15) is 24.3 Å². The minimum Gasteiger partial charge on any atom is -0.480 e. The van der Waals surface area contributed by atoms with Crippen LogP contribution in [-0.4, -0.2) is 71.8 Å². The Morgan fingerprint density at radius 3 is 1.86 bits per heavy atom. The van der Waals surface area contributed by atoms with Crippen LogP contribution in [0.15, 0.2) is 30.3 Å². The average Bonchev–Trinajstić information content (AvgIpc) is 2.86. The molecule has 202 valence electrons. The number of amides is 3. The van der Waals surface area contributed by atoms with Crippen LogP contribution in [-0.2, 0) is 25.6 Å². The summed E-state index contributed by atoms with van der Waals surface area (Å²) in [4.78, 5) is 50.1. The van der Waals surface area contributed by atoms with Gasteiger partial charge < -0.3 is 38.3 Å². The number of hydrogen-bond donors (Lipinski definition) is 8. The van der Waals surface area contributed by atoms with Gasteiger partial charge in [0.05, 0.1) is 6.04 Å². The van der Waals surface area contributed by atoms with Crippen molar-refractivity contribution in [1.29, 1.82) is 0 Å². The molecular formula is C24H40N6O5S. The zero-order valence-electron chi connectivity index (χ0n) is 20.5. The van der Waals surface area contributed by atoms with Crippen LogP contribution < -0.4 is 33.2 Å². The van der Waals surface area contributed by atoms with Gasteiger partial charge in [0.25, 0.3) is 0 Å². The van der Waals surface area contributed by atoms with E-state index in [1.165, 1.54) is 0 Å². The monoisotopic (exact) mass is 524 g/mol. The SMILES string of the molecule is NCCCCC(N)C(=O)NC(CS)C(=O)NC(Cc1ccccc1)C(=O)NC(CCCCN)C(=O)O. The highest BCUT2D eigenvalue weighted by molar-refractivity contribution is 7.80. The molecule has 3 amide bonds. The Hall–Kier alpha value is -2.67.